The maximum absolute atomic E-state index is 12.2. The van der Waals surface area contributed by atoms with E-state index in [0.717, 1.165) is 18.7 Å². The van der Waals surface area contributed by atoms with E-state index in [4.69, 9.17) is 4.74 Å². The lowest BCUT2D eigenvalue weighted by molar-refractivity contribution is 0.107. The minimum atomic E-state index is -3.44. The molecular formula is C13H23N3O3S. The Morgan fingerprint density at radius 1 is 1.50 bits per heavy atom. The third-order valence-corrected chi connectivity index (χ3v) is 5.06. The van der Waals surface area contributed by atoms with Crippen molar-refractivity contribution in [3.63, 3.8) is 0 Å². The minimum absolute atomic E-state index is 0.119. The summed E-state index contributed by atoms with van der Waals surface area (Å²) in [6, 6.07) is 1.67. The normalized spacial score (nSPS) is 23.3. The van der Waals surface area contributed by atoms with E-state index >= 15 is 0 Å². The maximum Gasteiger partial charge on any atom is 0.242 e. The lowest BCUT2D eigenvalue weighted by Gasteiger charge is -2.14. The summed E-state index contributed by atoms with van der Waals surface area (Å²) in [5.41, 5.74) is 0.866. The molecule has 6 nitrogen and oxygen atoms in total. The molecule has 0 amide bonds. The van der Waals surface area contributed by atoms with Crippen molar-refractivity contribution in [3.8, 4) is 0 Å². The van der Waals surface area contributed by atoms with Crippen molar-refractivity contribution >= 4 is 10.0 Å². The van der Waals surface area contributed by atoms with Crippen molar-refractivity contribution in [2.75, 3.05) is 19.7 Å². The zero-order valence-electron chi connectivity index (χ0n) is 12.0. The maximum atomic E-state index is 12.2. The highest BCUT2D eigenvalue weighted by Crippen LogP contribution is 2.20. The summed E-state index contributed by atoms with van der Waals surface area (Å²) in [6.45, 7) is 6.62. The van der Waals surface area contributed by atoms with Crippen LogP contribution < -0.4 is 10.0 Å². The van der Waals surface area contributed by atoms with E-state index < -0.39 is 10.0 Å². The van der Waals surface area contributed by atoms with Gasteiger partial charge in [-0.25, -0.2) is 13.1 Å². The summed E-state index contributed by atoms with van der Waals surface area (Å²) < 4.78 is 32.5. The zero-order valence-corrected chi connectivity index (χ0v) is 12.8. The quantitative estimate of drug-likeness (QED) is 0.696. The van der Waals surface area contributed by atoms with Gasteiger partial charge in [-0.15, -0.1) is 0 Å². The van der Waals surface area contributed by atoms with E-state index in [1.807, 2.05) is 13.8 Å². The smallest absolute Gasteiger partial charge is 0.242 e. The van der Waals surface area contributed by atoms with Crippen LogP contribution in [0.5, 0.6) is 0 Å². The van der Waals surface area contributed by atoms with E-state index in [9.17, 15) is 8.42 Å². The summed E-state index contributed by atoms with van der Waals surface area (Å²) in [4.78, 5) is 3.27. The number of aromatic nitrogens is 1. The monoisotopic (exact) mass is 301 g/mol. The van der Waals surface area contributed by atoms with Gasteiger partial charge in [-0.1, -0.05) is 6.92 Å². The molecule has 0 aromatic carbocycles. The average molecular weight is 301 g/mol. The van der Waals surface area contributed by atoms with Gasteiger partial charge in [-0.05, 0) is 26.0 Å². The van der Waals surface area contributed by atoms with Crippen molar-refractivity contribution in [2.45, 2.75) is 37.8 Å². The van der Waals surface area contributed by atoms with Gasteiger partial charge in [-0.3, -0.25) is 0 Å². The molecule has 7 heteroatoms. The first-order valence-electron chi connectivity index (χ1n) is 7.02. The molecule has 0 aliphatic carbocycles. The number of nitrogens with one attached hydrogen (secondary N) is 3. The Hall–Kier alpha value is -0.890. The molecule has 2 unspecified atom stereocenters. The number of rotatable bonds is 7. The Balaban J connectivity index is 1.93. The van der Waals surface area contributed by atoms with Crippen molar-refractivity contribution in [1.29, 1.82) is 0 Å². The van der Waals surface area contributed by atoms with E-state index in [-0.39, 0.29) is 16.9 Å². The molecule has 2 heterocycles. The van der Waals surface area contributed by atoms with Crippen LogP contribution in [0.25, 0.3) is 0 Å². The standard InChI is InChI=1S/C13H23N3O3S/c1-3-14-8-12-6-13(9-15-12)20(17,18)16-7-11-4-5-19-10(11)2/h6,9-11,14-16H,3-5,7-8H2,1-2H3. The van der Waals surface area contributed by atoms with Gasteiger partial charge in [0.15, 0.2) is 0 Å². The van der Waals surface area contributed by atoms with Gasteiger partial charge in [0.05, 0.1) is 11.0 Å². The summed E-state index contributed by atoms with van der Waals surface area (Å²) in [7, 11) is -3.44. The van der Waals surface area contributed by atoms with Gasteiger partial charge < -0.3 is 15.0 Å². The SMILES string of the molecule is CCNCc1cc(S(=O)(=O)NCC2CCOC2C)c[nH]1. The molecule has 1 aromatic heterocycles. The lowest BCUT2D eigenvalue weighted by Crippen LogP contribution is -2.31. The molecular weight excluding hydrogens is 278 g/mol. The Morgan fingerprint density at radius 3 is 2.95 bits per heavy atom. The Morgan fingerprint density at radius 2 is 2.30 bits per heavy atom. The summed E-state index contributed by atoms with van der Waals surface area (Å²) in [6.07, 6.45) is 2.56. The Labute approximate surface area is 120 Å². The first-order valence-corrected chi connectivity index (χ1v) is 8.50. The second kappa shape index (κ2) is 6.71. The van der Waals surface area contributed by atoms with Crippen molar-refractivity contribution in [2.24, 2.45) is 5.92 Å². The molecule has 0 bridgehead atoms. The van der Waals surface area contributed by atoms with E-state index in [1.165, 1.54) is 6.20 Å². The molecule has 1 fully saturated rings. The second-order valence-corrected chi connectivity index (χ2v) is 6.88. The highest BCUT2D eigenvalue weighted by molar-refractivity contribution is 7.89. The molecule has 3 N–H and O–H groups in total. The van der Waals surface area contributed by atoms with Crippen molar-refractivity contribution in [3.05, 3.63) is 18.0 Å². The van der Waals surface area contributed by atoms with Crippen LogP contribution in [0.4, 0.5) is 0 Å². The van der Waals surface area contributed by atoms with Crippen molar-refractivity contribution in [1.82, 2.24) is 15.0 Å². The third kappa shape index (κ3) is 3.82. The number of ether oxygens (including phenoxy) is 1. The molecule has 2 atom stereocenters. The Bertz CT molecular complexity index is 527. The fraction of sp³-hybridized carbons (Fsp3) is 0.692. The Kier molecular flexibility index (Phi) is 5.20. The summed E-state index contributed by atoms with van der Waals surface area (Å²) in [5.74, 6) is 0.255. The fourth-order valence-corrected chi connectivity index (χ4v) is 3.39. The molecule has 1 aromatic rings. The predicted octanol–water partition coefficient (Wildman–Crippen LogP) is 0.828. The molecule has 114 valence electrons. The van der Waals surface area contributed by atoms with Gasteiger partial charge in [0.1, 0.15) is 0 Å². The number of H-pyrrole nitrogens is 1. The molecule has 0 spiro atoms. The minimum Gasteiger partial charge on any atom is -0.378 e. The number of sulfonamides is 1. The second-order valence-electron chi connectivity index (χ2n) is 5.12. The highest BCUT2D eigenvalue weighted by Gasteiger charge is 2.26. The number of aromatic amines is 1. The van der Waals surface area contributed by atoms with Gasteiger partial charge in [-0.2, -0.15) is 0 Å². The van der Waals surface area contributed by atoms with Crippen LogP contribution in [0.2, 0.25) is 0 Å². The van der Waals surface area contributed by atoms with Gasteiger partial charge in [0.2, 0.25) is 10.0 Å². The first kappa shape index (κ1) is 15.5. The van der Waals surface area contributed by atoms with E-state index in [0.29, 0.717) is 19.7 Å². The van der Waals surface area contributed by atoms with Gasteiger partial charge >= 0.3 is 0 Å². The largest absolute Gasteiger partial charge is 0.378 e. The summed E-state index contributed by atoms with van der Waals surface area (Å²) in [5, 5.41) is 3.15. The zero-order chi connectivity index (χ0) is 14.6. The van der Waals surface area contributed by atoms with Crippen LogP contribution in [0.15, 0.2) is 17.2 Å². The van der Waals surface area contributed by atoms with Crippen LogP contribution in [-0.4, -0.2) is 39.2 Å². The molecule has 1 aliphatic rings. The molecule has 0 radical (unpaired) electrons. The summed E-state index contributed by atoms with van der Waals surface area (Å²) >= 11 is 0. The topological polar surface area (TPSA) is 83.2 Å². The lowest BCUT2D eigenvalue weighted by atomic mass is 10.0. The molecule has 2 rings (SSSR count). The van der Waals surface area contributed by atoms with E-state index in [2.05, 4.69) is 15.0 Å². The van der Waals surface area contributed by atoms with Crippen LogP contribution in [0.1, 0.15) is 26.0 Å². The predicted molar refractivity (Wildman–Crippen MR) is 76.9 cm³/mol. The fourth-order valence-electron chi connectivity index (χ4n) is 2.28. The van der Waals surface area contributed by atoms with Crippen LogP contribution in [-0.2, 0) is 21.3 Å². The van der Waals surface area contributed by atoms with Crippen LogP contribution in [0.3, 0.4) is 0 Å². The third-order valence-electron chi connectivity index (χ3n) is 3.66. The van der Waals surface area contributed by atoms with Gasteiger partial charge in [0.25, 0.3) is 0 Å². The van der Waals surface area contributed by atoms with Crippen LogP contribution >= 0.6 is 0 Å². The number of hydrogen-bond donors (Lipinski definition) is 3. The van der Waals surface area contributed by atoms with Crippen LogP contribution in [0, 0.1) is 5.92 Å². The average Bonchev–Trinajstić information content (AvgIpc) is 3.03. The van der Waals surface area contributed by atoms with Crippen molar-refractivity contribution < 1.29 is 13.2 Å². The van der Waals surface area contributed by atoms with Gasteiger partial charge in [0, 0.05) is 37.5 Å². The molecule has 1 saturated heterocycles. The molecule has 0 saturated carbocycles. The first-order chi connectivity index (χ1) is 9.53. The number of hydrogen-bond acceptors (Lipinski definition) is 4. The van der Waals surface area contributed by atoms with E-state index in [1.54, 1.807) is 6.07 Å². The molecule has 20 heavy (non-hydrogen) atoms. The molecule has 1 aliphatic heterocycles. The highest BCUT2D eigenvalue weighted by atomic mass is 32.2.